The summed E-state index contributed by atoms with van der Waals surface area (Å²) < 4.78 is 0. The van der Waals surface area contributed by atoms with Crippen molar-refractivity contribution in [2.45, 2.75) is 0 Å². The van der Waals surface area contributed by atoms with Crippen LogP contribution in [0.5, 0.6) is 0 Å². The highest BCUT2D eigenvalue weighted by Gasteiger charge is 2.07. The first kappa shape index (κ1) is 14.4. The lowest BCUT2D eigenvalue weighted by atomic mass is 9.99. The molecule has 0 aliphatic carbocycles. The van der Waals surface area contributed by atoms with Gasteiger partial charge in [-0.25, -0.2) is 4.98 Å². The Morgan fingerprint density at radius 3 is 1.62 bits per heavy atom. The predicted octanol–water partition coefficient (Wildman–Crippen LogP) is 5.50. The van der Waals surface area contributed by atoms with Crippen LogP contribution in [0.2, 0.25) is 0 Å². The number of rotatable bonds is 3. The van der Waals surface area contributed by atoms with Gasteiger partial charge in [-0.05, 0) is 41.0 Å². The summed E-state index contributed by atoms with van der Waals surface area (Å²) in [6, 6.07) is 33.8. The van der Waals surface area contributed by atoms with Crippen LogP contribution in [-0.4, -0.2) is 0 Å². The first-order valence-electron chi connectivity index (χ1n) is 8.13. The Kier molecular flexibility index (Phi) is 3.91. The number of pyridine rings is 1. The quantitative estimate of drug-likeness (QED) is 0.474. The Morgan fingerprint density at radius 1 is 0.417 bits per heavy atom. The minimum absolute atomic E-state index is 1.12. The van der Waals surface area contributed by atoms with Crippen molar-refractivity contribution < 1.29 is 4.98 Å². The molecule has 1 N–H and O–H groups in total. The van der Waals surface area contributed by atoms with Crippen LogP contribution in [-0.2, 0) is 0 Å². The van der Waals surface area contributed by atoms with Crippen molar-refractivity contribution >= 4 is 0 Å². The maximum atomic E-state index is 3.41. The molecule has 24 heavy (non-hydrogen) atoms. The molecule has 0 fully saturated rings. The van der Waals surface area contributed by atoms with E-state index in [1.807, 2.05) is 12.1 Å². The molecule has 4 aromatic rings. The standard InChI is InChI=1S/C23H17N/c1-3-8-18(9-4-1)20-12-7-13-21(16-20)22-14-15-23(24-17-22)19-10-5-2-6-11-19/h1-17H/p+1. The molecule has 0 bridgehead atoms. The van der Waals surface area contributed by atoms with Crippen molar-refractivity contribution in [3.8, 4) is 33.5 Å². The zero-order valence-electron chi connectivity index (χ0n) is 13.3. The van der Waals surface area contributed by atoms with Gasteiger partial charge in [0.2, 0.25) is 5.69 Å². The number of nitrogens with one attached hydrogen (secondary N) is 1. The highest BCUT2D eigenvalue weighted by molar-refractivity contribution is 5.72. The van der Waals surface area contributed by atoms with E-state index >= 15 is 0 Å². The van der Waals surface area contributed by atoms with Crippen LogP contribution in [0.25, 0.3) is 33.5 Å². The number of aromatic nitrogens is 1. The van der Waals surface area contributed by atoms with Gasteiger partial charge in [-0.3, -0.25) is 0 Å². The number of benzene rings is 3. The van der Waals surface area contributed by atoms with Crippen LogP contribution < -0.4 is 4.98 Å². The molecule has 0 saturated heterocycles. The second kappa shape index (κ2) is 6.51. The zero-order valence-corrected chi connectivity index (χ0v) is 13.3. The predicted molar refractivity (Wildman–Crippen MR) is 99.3 cm³/mol. The highest BCUT2D eigenvalue weighted by Crippen LogP contribution is 2.26. The first-order chi connectivity index (χ1) is 11.9. The van der Waals surface area contributed by atoms with E-state index in [0.29, 0.717) is 0 Å². The Labute approximate surface area is 142 Å². The van der Waals surface area contributed by atoms with Crippen LogP contribution in [0.1, 0.15) is 0 Å². The fourth-order valence-electron chi connectivity index (χ4n) is 2.91. The highest BCUT2D eigenvalue weighted by atomic mass is 14.7. The van der Waals surface area contributed by atoms with E-state index in [1.165, 1.54) is 27.8 Å². The van der Waals surface area contributed by atoms with Gasteiger partial charge in [0.1, 0.15) is 0 Å². The van der Waals surface area contributed by atoms with E-state index in [-0.39, 0.29) is 0 Å². The Balaban J connectivity index is 1.67. The van der Waals surface area contributed by atoms with Crippen LogP contribution >= 0.6 is 0 Å². The topological polar surface area (TPSA) is 14.1 Å². The summed E-state index contributed by atoms with van der Waals surface area (Å²) in [4.78, 5) is 3.41. The van der Waals surface area contributed by atoms with Gasteiger partial charge in [-0.1, -0.05) is 66.7 Å². The van der Waals surface area contributed by atoms with E-state index in [4.69, 9.17) is 0 Å². The fourth-order valence-corrected chi connectivity index (χ4v) is 2.91. The lowest BCUT2D eigenvalue weighted by Crippen LogP contribution is -2.05. The summed E-state index contributed by atoms with van der Waals surface area (Å²) in [5.41, 5.74) is 7.20. The van der Waals surface area contributed by atoms with Gasteiger partial charge in [-0.15, -0.1) is 0 Å². The minimum atomic E-state index is 1.12. The number of H-pyrrole nitrogens is 1. The molecule has 0 aliphatic heterocycles. The molecule has 3 aromatic carbocycles. The summed E-state index contributed by atoms with van der Waals surface area (Å²) >= 11 is 0. The van der Waals surface area contributed by atoms with Crippen LogP contribution in [0, 0.1) is 0 Å². The van der Waals surface area contributed by atoms with Gasteiger partial charge in [0.15, 0.2) is 6.20 Å². The van der Waals surface area contributed by atoms with Gasteiger partial charge in [0.05, 0.1) is 0 Å². The molecule has 1 heteroatoms. The molecule has 1 nitrogen and oxygen atoms in total. The van der Waals surface area contributed by atoms with Crippen molar-refractivity contribution in [2.75, 3.05) is 0 Å². The van der Waals surface area contributed by atoms with Gasteiger partial charge in [-0.2, -0.15) is 0 Å². The maximum Gasteiger partial charge on any atom is 0.210 e. The molecular formula is C23H18N+. The molecule has 1 aromatic heterocycles. The van der Waals surface area contributed by atoms with Crippen molar-refractivity contribution in [3.63, 3.8) is 0 Å². The second-order valence-electron chi connectivity index (χ2n) is 5.80. The molecule has 0 aliphatic rings. The van der Waals surface area contributed by atoms with E-state index in [0.717, 1.165) is 5.69 Å². The third kappa shape index (κ3) is 2.97. The van der Waals surface area contributed by atoms with Crippen molar-refractivity contribution in [1.29, 1.82) is 0 Å². The van der Waals surface area contributed by atoms with E-state index < -0.39 is 0 Å². The van der Waals surface area contributed by atoms with Crippen LogP contribution in [0.3, 0.4) is 0 Å². The molecule has 0 spiro atoms. The van der Waals surface area contributed by atoms with Crippen molar-refractivity contribution in [1.82, 2.24) is 0 Å². The number of hydrogen-bond acceptors (Lipinski definition) is 0. The summed E-state index contributed by atoms with van der Waals surface area (Å²) in [5.74, 6) is 0. The number of aromatic amines is 1. The molecule has 4 rings (SSSR count). The van der Waals surface area contributed by atoms with Crippen LogP contribution in [0.4, 0.5) is 0 Å². The third-order valence-electron chi connectivity index (χ3n) is 4.20. The average molecular weight is 308 g/mol. The fraction of sp³-hybridized carbons (Fsp3) is 0. The van der Waals surface area contributed by atoms with Gasteiger partial charge < -0.3 is 0 Å². The largest absolute Gasteiger partial charge is 0.211 e. The lowest BCUT2D eigenvalue weighted by Gasteiger charge is -2.05. The lowest BCUT2D eigenvalue weighted by molar-refractivity contribution is -0.363. The molecular weight excluding hydrogens is 290 g/mol. The Morgan fingerprint density at radius 2 is 1.00 bits per heavy atom. The minimum Gasteiger partial charge on any atom is -0.211 e. The van der Waals surface area contributed by atoms with Gasteiger partial charge in [0.25, 0.3) is 0 Å². The Bertz CT molecular complexity index is 926. The normalized spacial score (nSPS) is 10.5. The van der Waals surface area contributed by atoms with Crippen molar-refractivity contribution in [2.24, 2.45) is 0 Å². The van der Waals surface area contributed by atoms with Gasteiger partial charge in [0, 0.05) is 17.2 Å². The molecule has 1 heterocycles. The molecule has 0 atom stereocenters. The summed E-state index contributed by atoms with van der Waals surface area (Å²) in [7, 11) is 0. The second-order valence-corrected chi connectivity index (χ2v) is 5.80. The zero-order chi connectivity index (χ0) is 16.2. The Hall–Kier alpha value is -3.19. The smallest absolute Gasteiger partial charge is 0.210 e. The molecule has 0 saturated carbocycles. The van der Waals surface area contributed by atoms with Crippen LogP contribution in [0.15, 0.2) is 103 Å². The summed E-state index contributed by atoms with van der Waals surface area (Å²) in [6.07, 6.45) is 2.08. The van der Waals surface area contributed by atoms with E-state index in [9.17, 15) is 0 Å². The maximum absolute atomic E-state index is 3.41. The average Bonchev–Trinajstić information content (AvgIpc) is 2.70. The van der Waals surface area contributed by atoms with Gasteiger partial charge >= 0.3 is 0 Å². The third-order valence-corrected chi connectivity index (χ3v) is 4.20. The molecule has 0 radical (unpaired) electrons. The molecule has 0 unspecified atom stereocenters. The van der Waals surface area contributed by atoms with E-state index in [1.54, 1.807) is 0 Å². The number of hydrogen-bond donors (Lipinski definition) is 0. The van der Waals surface area contributed by atoms with E-state index in [2.05, 4.69) is 96.1 Å². The monoisotopic (exact) mass is 308 g/mol. The summed E-state index contributed by atoms with van der Waals surface area (Å²) in [5, 5.41) is 0. The van der Waals surface area contributed by atoms with Crippen molar-refractivity contribution in [3.05, 3.63) is 103 Å². The SMILES string of the molecule is c1ccc(-c2cccc(-c3ccc(-c4ccccc4)[nH+]c3)c2)cc1. The first-order valence-corrected chi connectivity index (χ1v) is 8.13. The molecule has 114 valence electrons. The molecule has 0 amide bonds. The summed E-state index contributed by atoms with van der Waals surface area (Å²) in [6.45, 7) is 0.